The molecule has 0 amide bonds. The fourth-order valence-electron chi connectivity index (χ4n) is 1.97. The Labute approximate surface area is 92.6 Å². The second kappa shape index (κ2) is 4.12. The lowest BCUT2D eigenvalue weighted by Crippen LogP contribution is -2.53. The van der Waals surface area contributed by atoms with Crippen LogP contribution >= 0.6 is 0 Å². The van der Waals surface area contributed by atoms with Crippen molar-refractivity contribution in [3.05, 3.63) is 0 Å². The molecule has 1 atom stereocenters. The third-order valence-corrected chi connectivity index (χ3v) is 2.77. The molecule has 0 spiro atoms. The Balaban J connectivity index is 2.65. The summed E-state index contributed by atoms with van der Waals surface area (Å²) in [6.45, 7) is 10.9. The first-order valence-electron chi connectivity index (χ1n) is 5.69. The molecular weight excluding hydrogens is 190 g/mol. The highest BCUT2D eigenvalue weighted by Gasteiger charge is 2.39. The van der Waals surface area contributed by atoms with Crippen LogP contribution in [0.15, 0.2) is 0 Å². The first-order valence-corrected chi connectivity index (χ1v) is 5.69. The van der Waals surface area contributed by atoms with Gasteiger partial charge in [0.1, 0.15) is 11.6 Å². The number of rotatable bonds is 1. The van der Waals surface area contributed by atoms with E-state index in [-0.39, 0.29) is 17.4 Å². The summed E-state index contributed by atoms with van der Waals surface area (Å²) in [5, 5.41) is 3.26. The van der Waals surface area contributed by atoms with E-state index in [0.29, 0.717) is 0 Å². The van der Waals surface area contributed by atoms with Crippen molar-refractivity contribution in [1.29, 1.82) is 0 Å². The van der Waals surface area contributed by atoms with Crippen molar-refractivity contribution in [2.75, 3.05) is 6.54 Å². The molecule has 15 heavy (non-hydrogen) atoms. The number of hydrogen-bond donors (Lipinski definition) is 1. The molecule has 1 saturated heterocycles. The van der Waals surface area contributed by atoms with Crippen LogP contribution in [0.4, 0.5) is 0 Å². The van der Waals surface area contributed by atoms with Gasteiger partial charge in [-0.1, -0.05) is 13.8 Å². The molecule has 1 aliphatic heterocycles. The molecule has 0 aliphatic carbocycles. The zero-order valence-corrected chi connectivity index (χ0v) is 10.5. The molecule has 3 nitrogen and oxygen atoms in total. The highest BCUT2D eigenvalue weighted by atomic mass is 16.6. The van der Waals surface area contributed by atoms with E-state index in [2.05, 4.69) is 19.2 Å². The number of carbonyl (C=O) groups excluding carboxylic acids is 1. The molecule has 1 aliphatic rings. The Bertz CT molecular complexity index is 240. The van der Waals surface area contributed by atoms with E-state index in [1.807, 2.05) is 20.8 Å². The van der Waals surface area contributed by atoms with Crippen LogP contribution in [0, 0.1) is 5.41 Å². The fraction of sp³-hybridized carbons (Fsp3) is 0.917. The first kappa shape index (κ1) is 12.5. The number of piperidine rings is 1. The van der Waals surface area contributed by atoms with Crippen molar-refractivity contribution in [3.8, 4) is 0 Å². The smallest absolute Gasteiger partial charge is 0.324 e. The van der Waals surface area contributed by atoms with Crippen LogP contribution in [-0.4, -0.2) is 24.2 Å². The maximum atomic E-state index is 11.9. The van der Waals surface area contributed by atoms with Gasteiger partial charge in [0, 0.05) is 0 Å². The van der Waals surface area contributed by atoms with Gasteiger partial charge in [-0.15, -0.1) is 0 Å². The molecule has 1 fully saturated rings. The van der Waals surface area contributed by atoms with Crippen LogP contribution in [0.25, 0.3) is 0 Å². The maximum Gasteiger partial charge on any atom is 0.324 e. The van der Waals surface area contributed by atoms with E-state index >= 15 is 0 Å². The predicted octanol–water partition coefficient (Wildman–Crippen LogP) is 2.11. The maximum absolute atomic E-state index is 11.9. The molecule has 0 aromatic heterocycles. The summed E-state index contributed by atoms with van der Waals surface area (Å²) in [4.78, 5) is 11.9. The summed E-state index contributed by atoms with van der Waals surface area (Å²) in [6, 6.07) is -0.162. The van der Waals surface area contributed by atoms with E-state index in [1.165, 1.54) is 0 Å². The summed E-state index contributed by atoms with van der Waals surface area (Å²) in [5.74, 6) is -0.118. The van der Waals surface area contributed by atoms with Crippen LogP contribution in [0.3, 0.4) is 0 Å². The number of esters is 1. The van der Waals surface area contributed by atoms with Gasteiger partial charge in [-0.2, -0.15) is 0 Å². The highest BCUT2D eigenvalue weighted by Crippen LogP contribution is 2.31. The van der Waals surface area contributed by atoms with Crippen molar-refractivity contribution in [2.24, 2.45) is 5.41 Å². The molecule has 1 unspecified atom stereocenters. The SMILES string of the molecule is CC(C)(C)OC(=O)C1NCCCC1(C)C. The van der Waals surface area contributed by atoms with Gasteiger partial charge in [0.25, 0.3) is 0 Å². The molecular formula is C12H23NO2. The van der Waals surface area contributed by atoms with E-state index < -0.39 is 5.60 Å². The number of carbonyl (C=O) groups is 1. The van der Waals surface area contributed by atoms with Gasteiger partial charge < -0.3 is 10.1 Å². The lowest BCUT2D eigenvalue weighted by atomic mass is 9.77. The van der Waals surface area contributed by atoms with Crippen LogP contribution in [0.1, 0.15) is 47.5 Å². The second-order valence-corrected chi connectivity index (χ2v) is 6.01. The van der Waals surface area contributed by atoms with E-state index in [4.69, 9.17) is 4.74 Å². The zero-order chi connectivity index (χ0) is 11.7. The molecule has 3 heteroatoms. The Kier molecular flexibility index (Phi) is 3.44. The van der Waals surface area contributed by atoms with Gasteiger partial charge in [-0.25, -0.2) is 0 Å². The highest BCUT2D eigenvalue weighted by molar-refractivity contribution is 5.77. The van der Waals surface area contributed by atoms with Gasteiger partial charge in [-0.05, 0) is 45.6 Å². The average Bonchev–Trinajstić information content (AvgIpc) is 1.99. The average molecular weight is 213 g/mol. The lowest BCUT2D eigenvalue weighted by Gasteiger charge is -2.38. The lowest BCUT2D eigenvalue weighted by molar-refractivity contribution is -0.161. The minimum absolute atomic E-state index is 0.000579. The van der Waals surface area contributed by atoms with Crippen LogP contribution in [0.2, 0.25) is 0 Å². The van der Waals surface area contributed by atoms with Crippen LogP contribution < -0.4 is 5.32 Å². The summed E-state index contributed by atoms with van der Waals surface area (Å²) < 4.78 is 5.41. The largest absolute Gasteiger partial charge is 0.459 e. The van der Waals surface area contributed by atoms with Crippen molar-refractivity contribution in [1.82, 2.24) is 5.32 Å². The number of hydrogen-bond acceptors (Lipinski definition) is 3. The van der Waals surface area contributed by atoms with Crippen molar-refractivity contribution in [2.45, 2.75) is 59.1 Å². The summed E-state index contributed by atoms with van der Waals surface area (Å²) in [6.07, 6.45) is 2.20. The van der Waals surface area contributed by atoms with Gasteiger partial charge in [0.15, 0.2) is 0 Å². The minimum atomic E-state index is -0.397. The molecule has 0 radical (unpaired) electrons. The molecule has 1 N–H and O–H groups in total. The van der Waals surface area contributed by atoms with Crippen molar-refractivity contribution >= 4 is 5.97 Å². The van der Waals surface area contributed by atoms with Gasteiger partial charge in [0.2, 0.25) is 0 Å². The fourth-order valence-corrected chi connectivity index (χ4v) is 1.97. The van der Waals surface area contributed by atoms with Crippen LogP contribution in [-0.2, 0) is 9.53 Å². The first-order chi connectivity index (χ1) is 6.72. The second-order valence-electron chi connectivity index (χ2n) is 6.01. The molecule has 0 aromatic carbocycles. The third-order valence-electron chi connectivity index (χ3n) is 2.77. The predicted molar refractivity (Wildman–Crippen MR) is 60.7 cm³/mol. The number of ether oxygens (including phenoxy) is 1. The molecule has 0 aromatic rings. The van der Waals surface area contributed by atoms with Gasteiger partial charge in [-0.3, -0.25) is 4.79 Å². The Hall–Kier alpha value is -0.570. The van der Waals surface area contributed by atoms with Crippen molar-refractivity contribution < 1.29 is 9.53 Å². The molecule has 1 rings (SSSR count). The summed E-state index contributed by atoms with van der Waals surface area (Å²) in [5.41, 5.74) is -0.396. The molecule has 0 saturated carbocycles. The van der Waals surface area contributed by atoms with Crippen LogP contribution in [0.5, 0.6) is 0 Å². The Morgan fingerprint density at radius 2 is 2.00 bits per heavy atom. The number of nitrogens with one attached hydrogen (secondary N) is 1. The molecule has 0 bridgehead atoms. The monoisotopic (exact) mass is 213 g/mol. The molecule has 88 valence electrons. The topological polar surface area (TPSA) is 38.3 Å². The van der Waals surface area contributed by atoms with Crippen molar-refractivity contribution in [3.63, 3.8) is 0 Å². The Morgan fingerprint density at radius 1 is 1.40 bits per heavy atom. The summed E-state index contributed by atoms with van der Waals surface area (Å²) in [7, 11) is 0. The van der Waals surface area contributed by atoms with Gasteiger partial charge >= 0.3 is 5.97 Å². The normalized spacial score (nSPS) is 26.1. The summed E-state index contributed by atoms with van der Waals surface area (Å²) >= 11 is 0. The van der Waals surface area contributed by atoms with E-state index in [1.54, 1.807) is 0 Å². The van der Waals surface area contributed by atoms with E-state index in [0.717, 1.165) is 19.4 Å². The third kappa shape index (κ3) is 3.49. The van der Waals surface area contributed by atoms with Gasteiger partial charge in [0.05, 0.1) is 0 Å². The quantitative estimate of drug-likeness (QED) is 0.678. The molecule has 1 heterocycles. The minimum Gasteiger partial charge on any atom is -0.459 e. The standard InChI is InChI=1S/C12H23NO2/c1-11(2,3)15-10(14)9-12(4,5)7-6-8-13-9/h9,13H,6-8H2,1-5H3. The van der Waals surface area contributed by atoms with E-state index in [9.17, 15) is 4.79 Å². The Morgan fingerprint density at radius 3 is 2.47 bits per heavy atom. The zero-order valence-electron chi connectivity index (χ0n) is 10.5.